The third-order valence-corrected chi connectivity index (χ3v) is 6.31. The number of rotatable bonds is 0. The summed E-state index contributed by atoms with van der Waals surface area (Å²) in [5.41, 5.74) is 9.49. The van der Waals surface area contributed by atoms with Gasteiger partial charge in [0.05, 0.1) is 4.88 Å². The second kappa shape index (κ2) is 4.87. The summed E-state index contributed by atoms with van der Waals surface area (Å²) >= 11 is 1.84. The average molecular weight is 335 g/mol. The fraction of sp³-hybridized carbons (Fsp3) is 0. The lowest BCUT2D eigenvalue weighted by atomic mass is 9.43. The molecule has 0 radical (unpaired) electrons. The van der Waals surface area contributed by atoms with E-state index in [4.69, 9.17) is 0 Å². The van der Waals surface area contributed by atoms with Crippen molar-refractivity contribution in [3.8, 4) is 21.6 Å². The third-order valence-electron chi connectivity index (χ3n) is 5.37. The molecule has 1 aromatic heterocycles. The number of hydrogen-bond acceptors (Lipinski definition) is 2. The number of thiophene rings is 1. The molecule has 1 nitrogen and oxygen atoms in total. The zero-order chi connectivity index (χ0) is 16.4. The molecule has 0 bridgehead atoms. The van der Waals surface area contributed by atoms with Gasteiger partial charge in [0.2, 0.25) is 0 Å². The standard InChI is InChI=1S/C22H14BNS/c1-4-10-18-15(7-1)16-8-3-6-12-20(16)24-21-13-14-25-22(21)17-9-2-5-11-19(17)23(18)24/h1-14H. The van der Waals surface area contributed by atoms with Crippen LogP contribution in [0.1, 0.15) is 0 Å². The molecule has 0 saturated heterocycles. The van der Waals surface area contributed by atoms with Crippen LogP contribution in [0.2, 0.25) is 0 Å². The van der Waals surface area contributed by atoms with Gasteiger partial charge in [-0.15, -0.1) is 11.3 Å². The van der Waals surface area contributed by atoms with Gasteiger partial charge in [-0.25, -0.2) is 0 Å². The van der Waals surface area contributed by atoms with Crippen LogP contribution < -0.4 is 15.7 Å². The number of benzene rings is 3. The molecular weight excluding hydrogens is 321 g/mol. The van der Waals surface area contributed by atoms with E-state index in [1.54, 1.807) is 0 Å². The first kappa shape index (κ1) is 13.5. The Morgan fingerprint density at radius 2 is 1.24 bits per heavy atom. The minimum absolute atomic E-state index is 0.240. The van der Waals surface area contributed by atoms with E-state index < -0.39 is 0 Å². The summed E-state index contributed by atoms with van der Waals surface area (Å²) < 4.78 is 0. The summed E-state index contributed by atoms with van der Waals surface area (Å²) in [6, 6.07) is 28.8. The lowest BCUT2D eigenvalue weighted by molar-refractivity contribution is 1.37. The van der Waals surface area contributed by atoms with E-state index in [1.807, 2.05) is 11.3 Å². The third kappa shape index (κ3) is 1.69. The molecule has 2 aliphatic heterocycles. The predicted octanol–water partition coefficient (Wildman–Crippen LogP) is 4.65. The van der Waals surface area contributed by atoms with Crippen LogP contribution in [0.15, 0.2) is 84.2 Å². The summed E-state index contributed by atoms with van der Waals surface area (Å²) in [6.07, 6.45) is 0. The van der Waals surface area contributed by atoms with E-state index >= 15 is 0 Å². The summed E-state index contributed by atoms with van der Waals surface area (Å²) in [6.45, 7) is 0.240. The first-order valence-electron chi connectivity index (χ1n) is 8.58. The normalized spacial score (nSPS) is 13.4. The molecule has 4 aromatic rings. The fourth-order valence-electron chi connectivity index (χ4n) is 4.38. The molecule has 0 N–H and O–H groups in total. The van der Waals surface area contributed by atoms with Crippen LogP contribution in [-0.4, -0.2) is 6.85 Å². The smallest absolute Gasteiger partial charge is 0.329 e. The number of fused-ring (bicyclic) bond motifs is 11. The van der Waals surface area contributed by atoms with Crippen LogP contribution in [0.25, 0.3) is 21.6 Å². The first-order valence-corrected chi connectivity index (χ1v) is 9.46. The Balaban J connectivity index is 1.77. The van der Waals surface area contributed by atoms with Crippen LogP contribution in [0.4, 0.5) is 11.4 Å². The van der Waals surface area contributed by atoms with Crippen molar-refractivity contribution in [1.29, 1.82) is 0 Å². The fourth-order valence-corrected chi connectivity index (χ4v) is 5.31. The number of anilines is 2. The minimum Gasteiger partial charge on any atom is -0.375 e. The Morgan fingerprint density at radius 1 is 0.600 bits per heavy atom. The van der Waals surface area contributed by atoms with Crippen molar-refractivity contribution in [2.75, 3.05) is 4.81 Å². The van der Waals surface area contributed by atoms with Crippen molar-refractivity contribution in [2.24, 2.45) is 0 Å². The molecule has 0 atom stereocenters. The second-order valence-corrected chi connectivity index (χ2v) is 7.52. The highest BCUT2D eigenvalue weighted by Gasteiger charge is 2.42. The zero-order valence-corrected chi connectivity index (χ0v) is 14.3. The van der Waals surface area contributed by atoms with Gasteiger partial charge < -0.3 is 4.81 Å². The van der Waals surface area contributed by atoms with Crippen molar-refractivity contribution in [1.82, 2.24) is 0 Å². The summed E-state index contributed by atoms with van der Waals surface area (Å²) in [4.78, 5) is 3.91. The molecule has 0 unspecified atom stereocenters. The zero-order valence-electron chi connectivity index (χ0n) is 13.5. The Labute approximate surface area is 151 Å². The maximum absolute atomic E-state index is 2.53. The van der Waals surface area contributed by atoms with E-state index in [9.17, 15) is 0 Å². The second-order valence-electron chi connectivity index (χ2n) is 6.60. The largest absolute Gasteiger partial charge is 0.375 e. The van der Waals surface area contributed by atoms with Crippen LogP contribution in [0.3, 0.4) is 0 Å². The quantitative estimate of drug-likeness (QED) is 0.423. The highest BCUT2D eigenvalue weighted by molar-refractivity contribution is 7.15. The first-order chi connectivity index (χ1) is 12.4. The number of para-hydroxylation sites is 1. The maximum Gasteiger partial charge on any atom is 0.329 e. The molecule has 6 rings (SSSR count). The summed E-state index contributed by atoms with van der Waals surface area (Å²) in [7, 11) is 0. The molecule has 0 aliphatic carbocycles. The van der Waals surface area contributed by atoms with Crippen molar-refractivity contribution >= 4 is 40.5 Å². The summed E-state index contributed by atoms with van der Waals surface area (Å²) in [5.74, 6) is 0. The Hall–Kier alpha value is -2.78. The van der Waals surface area contributed by atoms with Gasteiger partial charge >= 0.3 is 6.85 Å². The van der Waals surface area contributed by atoms with Gasteiger partial charge in [0.1, 0.15) is 0 Å². The van der Waals surface area contributed by atoms with E-state index in [2.05, 4.69) is 89.1 Å². The van der Waals surface area contributed by atoms with Crippen molar-refractivity contribution in [3.05, 3.63) is 84.2 Å². The maximum atomic E-state index is 2.53. The van der Waals surface area contributed by atoms with Gasteiger partial charge in [-0.3, -0.25) is 0 Å². The molecule has 25 heavy (non-hydrogen) atoms. The van der Waals surface area contributed by atoms with Crippen LogP contribution >= 0.6 is 11.3 Å². The van der Waals surface area contributed by atoms with Gasteiger partial charge in [0, 0.05) is 16.9 Å². The topological polar surface area (TPSA) is 3.24 Å². The lowest BCUT2D eigenvalue weighted by Gasteiger charge is -2.42. The molecule has 0 spiro atoms. The van der Waals surface area contributed by atoms with Crippen LogP contribution in [-0.2, 0) is 0 Å². The monoisotopic (exact) mass is 335 g/mol. The minimum atomic E-state index is 0.240. The molecule has 0 fully saturated rings. The number of nitrogens with zero attached hydrogens (tertiary/aromatic N) is 1. The number of hydrogen-bond donors (Lipinski definition) is 0. The highest BCUT2D eigenvalue weighted by Crippen LogP contribution is 2.47. The Kier molecular flexibility index (Phi) is 2.63. The van der Waals surface area contributed by atoms with Crippen LogP contribution in [0, 0.1) is 0 Å². The Morgan fingerprint density at radius 3 is 2.08 bits per heavy atom. The molecule has 116 valence electrons. The average Bonchev–Trinajstić information content (AvgIpc) is 3.17. The van der Waals surface area contributed by atoms with E-state index in [-0.39, 0.29) is 6.85 Å². The van der Waals surface area contributed by atoms with Gasteiger partial charge in [0.15, 0.2) is 0 Å². The molecule has 2 aliphatic rings. The van der Waals surface area contributed by atoms with Gasteiger partial charge in [-0.2, -0.15) is 0 Å². The molecule has 0 saturated carbocycles. The predicted molar refractivity (Wildman–Crippen MR) is 109 cm³/mol. The van der Waals surface area contributed by atoms with Crippen molar-refractivity contribution in [3.63, 3.8) is 0 Å². The van der Waals surface area contributed by atoms with Crippen LogP contribution in [0.5, 0.6) is 0 Å². The summed E-state index contributed by atoms with van der Waals surface area (Å²) in [5, 5.41) is 2.22. The molecule has 3 heteroatoms. The highest BCUT2D eigenvalue weighted by atomic mass is 32.1. The molecule has 3 aromatic carbocycles. The SMILES string of the molecule is c1ccc2c(c1)B1c3ccccc3-c3sccc3N1c1ccccc1-2. The van der Waals surface area contributed by atoms with Crippen molar-refractivity contribution in [2.45, 2.75) is 0 Å². The van der Waals surface area contributed by atoms with Gasteiger partial charge in [0.25, 0.3) is 0 Å². The Bertz CT molecular complexity index is 1130. The van der Waals surface area contributed by atoms with E-state index in [0.717, 1.165) is 0 Å². The molecule has 0 amide bonds. The molecular formula is C22H14BNS. The lowest BCUT2D eigenvalue weighted by Crippen LogP contribution is -2.59. The van der Waals surface area contributed by atoms with E-state index in [1.165, 1.54) is 43.9 Å². The van der Waals surface area contributed by atoms with Gasteiger partial charge in [-0.05, 0) is 39.6 Å². The van der Waals surface area contributed by atoms with Crippen molar-refractivity contribution < 1.29 is 0 Å². The van der Waals surface area contributed by atoms with E-state index in [0.29, 0.717) is 0 Å². The molecule has 3 heterocycles. The van der Waals surface area contributed by atoms with Gasteiger partial charge in [-0.1, -0.05) is 66.7 Å².